The summed E-state index contributed by atoms with van der Waals surface area (Å²) in [6.45, 7) is 0. The Morgan fingerprint density at radius 1 is 0.842 bits per heavy atom. The molecule has 0 N–H and O–H groups in total. The third kappa shape index (κ3) is 1.27. The molecule has 0 saturated heterocycles. The molecule has 0 radical (unpaired) electrons. The maximum absolute atomic E-state index is 12.3. The largest absolute Gasteiger partial charge is 0.304 e. The molecule has 0 spiro atoms. The molecule has 2 heterocycles. The van der Waals surface area contributed by atoms with E-state index in [0.29, 0.717) is 5.56 Å². The average Bonchev–Trinajstić information content (AvgIpc) is 2.62. The molecule has 3 nitrogen and oxygen atoms in total. The standard InChI is InChI=1S/C16H11NO2/c18-15-12-6-3-5-11-9-8-10-4-1-2-7-13(10)17(14(11)12)16(15)19/h1-7H,8-9H2. The number of ketones is 1. The number of aryl methyl sites for hydroxylation is 2. The van der Waals surface area contributed by atoms with E-state index in [9.17, 15) is 9.59 Å². The minimum atomic E-state index is -0.434. The Balaban J connectivity index is 2.08. The highest BCUT2D eigenvalue weighted by Gasteiger charge is 2.40. The fraction of sp³-hybridized carbons (Fsp3) is 0.125. The van der Waals surface area contributed by atoms with Crippen molar-refractivity contribution in [3.8, 4) is 0 Å². The number of para-hydroxylation sites is 2. The van der Waals surface area contributed by atoms with Crippen molar-refractivity contribution in [1.29, 1.82) is 0 Å². The lowest BCUT2D eigenvalue weighted by molar-refractivity contribution is -0.113. The zero-order valence-corrected chi connectivity index (χ0v) is 10.2. The van der Waals surface area contributed by atoms with Gasteiger partial charge in [0.15, 0.2) is 0 Å². The van der Waals surface area contributed by atoms with E-state index in [1.165, 1.54) is 0 Å². The monoisotopic (exact) mass is 249 g/mol. The van der Waals surface area contributed by atoms with E-state index in [2.05, 4.69) is 0 Å². The number of carbonyl (C=O) groups is 2. The molecule has 0 saturated carbocycles. The van der Waals surface area contributed by atoms with Crippen LogP contribution in [0.3, 0.4) is 0 Å². The minimum absolute atomic E-state index is 0.395. The summed E-state index contributed by atoms with van der Waals surface area (Å²) in [6, 6.07) is 13.4. The summed E-state index contributed by atoms with van der Waals surface area (Å²) in [4.78, 5) is 25.9. The van der Waals surface area contributed by atoms with E-state index in [1.807, 2.05) is 36.4 Å². The summed E-state index contributed by atoms with van der Waals surface area (Å²) in [6.07, 6.45) is 1.75. The quantitative estimate of drug-likeness (QED) is 0.673. The highest BCUT2D eigenvalue weighted by atomic mass is 16.2. The van der Waals surface area contributed by atoms with Gasteiger partial charge in [-0.25, -0.2) is 0 Å². The van der Waals surface area contributed by atoms with Crippen LogP contribution >= 0.6 is 0 Å². The van der Waals surface area contributed by atoms with Crippen LogP contribution in [0, 0.1) is 0 Å². The van der Waals surface area contributed by atoms with Gasteiger partial charge in [-0.2, -0.15) is 0 Å². The summed E-state index contributed by atoms with van der Waals surface area (Å²) in [7, 11) is 0. The first-order chi connectivity index (χ1) is 9.27. The van der Waals surface area contributed by atoms with Crippen LogP contribution in [0.15, 0.2) is 42.5 Å². The molecule has 2 aliphatic rings. The van der Waals surface area contributed by atoms with E-state index in [0.717, 1.165) is 35.3 Å². The zero-order valence-electron chi connectivity index (χ0n) is 10.2. The second kappa shape index (κ2) is 3.54. The molecule has 1 amide bonds. The number of fused-ring (bicyclic) bond motifs is 2. The van der Waals surface area contributed by atoms with Crippen LogP contribution in [0.25, 0.3) is 0 Å². The molecular weight excluding hydrogens is 238 g/mol. The van der Waals surface area contributed by atoms with Crippen molar-refractivity contribution in [1.82, 2.24) is 0 Å². The Kier molecular flexibility index (Phi) is 1.96. The Morgan fingerprint density at radius 2 is 1.58 bits per heavy atom. The van der Waals surface area contributed by atoms with Crippen LogP contribution in [0.5, 0.6) is 0 Å². The Labute approximate surface area is 110 Å². The van der Waals surface area contributed by atoms with Crippen LogP contribution in [-0.2, 0) is 17.6 Å². The molecule has 0 aliphatic carbocycles. The van der Waals surface area contributed by atoms with E-state index < -0.39 is 11.7 Å². The summed E-state index contributed by atoms with van der Waals surface area (Å²) in [5.74, 6) is -0.828. The highest BCUT2D eigenvalue weighted by Crippen LogP contribution is 2.42. The number of nitrogens with zero attached hydrogens (tertiary/aromatic N) is 1. The normalized spacial score (nSPS) is 16.1. The summed E-state index contributed by atoms with van der Waals surface area (Å²) in [5, 5.41) is 0. The van der Waals surface area contributed by atoms with Crippen molar-refractivity contribution >= 4 is 23.1 Å². The summed E-state index contributed by atoms with van der Waals surface area (Å²) < 4.78 is 0. The number of rotatable bonds is 0. The van der Waals surface area contributed by atoms with Gasteiger partial charge < -0.3 is 0 Å². The van der Waals surface area contributed by atoms with Crippen LogP contribution in [-0.4, -0.2) is 11.7 Å². The first-order valence-electron chi connectivity index (χ1n) is 6.36. The molecule has 0 atom stereocenters. The zero-order chi connectivity index (χ0) is 13.0. The maximum Gasteiger partial charge on any atom is 0.304 e. The van der Waals surface area contributed by atoms with Gasteiger partial charge in [-0.05, 0) is 36.1 Å². The van der Waals surface area contributed by atoms with Crippen LogP contribution in [0.4, 0.5) is 11.4 Å². The summed E-state index contributed by atoms with van der Waals surface area (Å²) in [5.41, 5.74) is 4.38. The van der Waals surface area contributed by atoms with Crippen molar-refractivity contribution in [3.63, 3.8) is 0 Å². The molecule has 2 aliphatic heterocycles. The lowest BCUT2D eigenvalue weighted by Gasteiger charge is -2.18. The maximum atomic E-state index is 12.3. The molecular formula is C16H11NO2. The lowest BCUT2D eigenvalue weighted by atomic mass is 10.0. The third-order valence-corrected chi connectivity index (χ3v) is 3.88. The predicted octanol–water partition coefficient (Wildman–Crippen LogP) is 2.65. The molecule has 0 unspecified atom stereocenters. The number of benzene rings is 2. The van der Waals surface area contributed by atoms with Gasteiger partial charge in [0.2, 0.25) is 0 Å². The summed E-state index contributed by atoms with van der Waals surface area (Å²) >= 11 is 0. The van der Waals surface area contributed by atoms with E-state index >= 15 is 0 Å². The Bertz CT molecular complexity index is 733. The first kappa shape index (κ1) is 10.5. The van der Waals surface area contributed by atoms with Crippen molar-refractivity contribution in [2.75, 3.05) is 4.90 Å². The molecule has 0 aromatic heterocycles. The molecule has 92 valence electrons. The number of carbonyl (C=O) groups excluding carboxylic acids is 2. The Morgan fingerprint density at radius 3 is 2.47 bits per heavy atom. The van der Waals surface area contributed by atoms with Gasteiger partial charge in [0.25, 0.3) is 5.78 Å². The Hall–Kier alpha value is -2.42. The van der Waals surface area contributed by atoms with Gasteiger partial charge in [-0.3, -0.25) is 14.5 Å². The van der Waals surface area contributed by atoms with Crippen molar-refractivity contribution < 1.29 is 9.59 Å². The smallest absolute Gasteiger partial charge is 0.283 e. The van der Waals surface area contributed by atoms with Crippen molar-refractivity contribution in [3.05, 3.63) is 59.2 Å². The number of Topliss-reactive ketones (excluding diaryl/α,β-unsaturated/α-hetero) is 1. The third-order valence-electron chi connectivity index (χ3n) is 3.88. The minimum Gasteiger partial charge on any atom is -0.283 e. The molecule has 4 rings (SSSR count). The van der Waals surface area contributed by atoms with Crippen LogP contribution < -0.4 is 4.90 Å². The van der Waals surface area contributed by atoms with Gasteiger partial charge in [-0.1, -0.05) is 30.3 Å². The first-order valence-corrected chi connectivity index (χ1v) is 6.36. The van der Waals surface area contributed by atoms with E-state index in [4.69, 9.17) is 0 Å². The number of hydrogen-bond acceptors (Lipinski definition) is 2. The van der Waals surface area contributed by atoms with Crippen molar-refractivity contribution in [2.45, 2.75) is 12.8 Å². The molecule has 19 heavy (non-hydrogen) atoms. The number of anilines is 2. The second-order valence-electron chi connectivity index (χ2n) is 4.91. The molecule has 3 heteroatoms. The van der Waals surface area contributed by atoms with Gasteiger partial charge in [0, 0.05) is 0 Å². The molecule has 2 aromatic carbocycles. The van der Waals surface area contributed by atoms with Gasteiger partial charge in [0.1, 0.15) is 0 Å². The van der Waals surface area contributed by atoms with E-state index in [1.54, 1.807) is 11.0 Å². The fourth-order valence-electron chi connectivity index (χ4n) is 3.00. The highest BCUT2D eigenvalue weighted by molar-refractivity contribution is 6.54. The molecule has 0 bridgehead atoms. The number of hydrogen-bond donors (Lipinski definition) is 0. The van der Waals surface area contributed by atoms with Crippen LogP contribution in [0.1, 0.15) is 21.5 Å². The van der Waals surface area contributed by atoms with Gasteiger partial charge in [0.05, 0.1) is 16.9 Å². The second-order valence-corrected chi connectivity index (χ2v) is 4.91. The van der Waals surface area contributed by atoms with Crippen molar-refractivity contribution in [2.24, 2.45) is 0 Å². The topological polar surface area (TPSA) is 37.4 Å². The van der Waals surface area contributed by atoms with Gasteiger partial charge in [-0.15, -0.1) is 0 Å². The van der Waals surface area contributed by atoms with Gasteiger partial charge >= 0.3 is 5.91 Å². The van der Waals surface area contributed by atoms with Crippen LogP contribution in [0.2, 0.25) is 0 Å². The average molecular weight is 249 g/mol. The lowest BCUT2D eigenvalue weighted by Crippen LogP contribution is -2.25. The molecule has 2 aromatic rings. The number of amides is 1. The predicted molar refractivity (Wildman–Crippen MR) is 71.8 cm³/mol. The molecule has 0 fully saturated rings. The SMILES string of the molecule is O=C1C(=O)N2c3ccccc3CCc3cccc1c32. The van der Waals surface area contributed by atoms with E-state index in [-0.39, 0.29) is 0 Å². The fourth-order valence-corrected chi connectivity index (χ4v) is 3.00.